The second-order valence-electron chi connectivity index (χ2n) is 7.47. The number of amides is 1. The number of nitrogens with zero attached hydrogens (tertiary/aromatic N) is 4. The molecule has 158 valence electrons. The van der Waals surface area contributed by atoms with Gasteiger partial charge in [-0.1, -0.05) is 6.57 Å². The van der Waals surface area contributed by atoms with Crippen molar-refractivity contribution in [3.8, 4) is 0 Å². The first-order valence-electron chi connectivity index (χ1n) is 9.83. The molecule has 1 saturated heterocycles. The Balaban J connectivity index is 1.79. The van der Waals surface area contributed by atoms with Gasteiger partial charge in [0.1, 0.15) is 17.6 Å². The van der Waals surface area contributed by atoms with Crippen LogP contribution in [0.25, 0.3) is 4.85 Å². The molecule has 1 amide bonds. The molecule has 0 atom stereocenters. The number of benzene rings is 1. The Morgan fingerprint density at radius 1 is 1.35 bits per heavy atom. The van der Waals surface area contributed by atoms with Crippen molar-refractivity contribution in [3.63, 3.8) is 0 Å². The van der Waals surface area contributed by atoms with Gasteiger partial charge in [0.15, 0.2) is 5.11 Å². The van der Waals surface area contributed by atoms with E-state index in [0.717, 1.165) is 6.42 Å². The minimum absolute atomic E-state index is 0.119. The van der Waals surface area contributed by atoms with Crippen LogP contribution in [0.5, 0.6) is 0 Å². The Kier molecular flexibility index (Phi) is 5.19. The van der Waals surface area contributed by atoms with Gasteiger partial charge in [0, 0.05) is 5.69 Å². The number of carbonyl (C=O) groups excluding carboxylic acids is 2. The number of thiocarbonyl (C=S) groups is 1. The summed E-state index contributed by atoms with van der Waals surface area (Å²) >= 11 is 5.68. The molecule has 2 aromatic rings. The number of pyridine rings is 1. The predicted molar refractivity (Wildman–Crippen MR) is 117 cm³/mol. The van der Waals surface area contributed by atoms with Crippen LogP contribution >= 0.6 is 12.2 Å². The number of rotatable bonds is 4. The smallest absolute Gasteiger partial charge is 0.341 e. The van der Waals surface area contributed by atoms with Crippen LogP contribution < -0.4 is 9.80 Å². The third-order valence-electron chi connectivity index (χ3n) is 5.70. The zero-order chi connectivity index (χ0) is 22.3. The molecule has 1 saturated carbocycles. The van der Waals surface area contributed by atoms with E-state index in [4.69, 9.17) is 23.5 Å². The summed E-state index contributed by atoms with van der Waals surface area (Å²) in [5.41, 5.74) is 0.471. The molecule has 31 heavy (non-hydrogen) atoms. The van der Waals surface area contributed by atoms with Crippen molar-refractivity contribution in [2.75, 3.05) is 16.4 Å². The molecule has 1 aromatic heterocycles. The predicted octanol–water partition coefficient (Wildman–Crippen LogP) is 4.32. The lowest BCUT2D eigenvalue weighted by Gasteiger charge is -2.43. The average molecular weight is 438 g/mol. The average Bonchev–Trinajstić information content (AvgIpc) is 2.95. The summed E-state index contributed by atoms with van der Waals surface area (Å²) in [5.74, 6) is -1.41. The topological polar surface area (TPSA) is 67.1 Å². The van der Waals surface area contributed by atoms with Crippen molar-refractivity contribution in [1.29, 1.82) is 0 Å². The number of ether oxygens (including phenoxy) is 1. The van der Waals surface area contributed by atoms with Gasteiger partial charge in [-0.3, -0.25) is 9.69 Å². The molecular weight excluding hydrogens is 419 g/mol. The maximum atomic E-state index is 14.3. The zero-order valence-electron chi connectivity index (χ0n) is 17.0. The van der Waals surface area contributed by atoms with E-state index in [9.17, 15) is 14.0 Å². The SMILES string of the molecule is [C-]#[N+]c1ncc(N2C(=O)C3(CCC3)N(c3ccc(F)c(C(=O)OCC)c3)C2=S)cc1C. The standard InChI is InChI=1S/C22H19FN4O3S/c1-4-30-19(28)16-11-14(6-7-17(16)23)27-21(31)26(20(29)22(27)8-5-9-22)15-10-13(2)18(24-3)25-12-15/h6-7,10-12H,4-5,8-9H2,1-2H3. The van der Waals surface area contributed by atoms with Crippen LogP contribution in [0.3, 0.4) is 0 Å². The van der Waals surface area contributed by atoms with E-state index in [1.807, 2.05) is 0 Å². The van der Waals surface area contributed by atoms with Crippen molar-refractivity contribution >= 4 is 46.4 Å². The highest BCUT2D eigenvalue weighted by Gasteiger charge is 2.59. The highest BCUT2D eigenvalue weighted by molar-refractivity contribution is 7.81. The number of hydrogen-bond donors (Lipinski definition) is 0. The van der Waals surface area contributed by atoms with E-state index in [1.165, 1.54) is 29.3 Å². The van der Waals surface area contributed by atoms with Gasteiger partial charge >= 0.3 is 5.97 Å². The van der Waals surface area contributed by atoms with Crippen molar-refractivity contribution in [1.82, 2.24) is 4.98 Å². The molecule has 2 heterocycles. The Hall–Kier alpha value is -3.38. The van der Waals surface area contributed by atoms with Gasteiger partial charge in [0.2, 0.25) is 0 Å². The first-order valence-corrected chi connectivity index (χ1v) is 10.2. The van der Waals surface area contributed by atoms with Crippen molar-refractivity contribution < 1.29 is 18.7 Å². The summed E-state index contributed by atoms with van der Waals surface area (Å²) in [6.45, 7) is 10.7. The number of aryl methyl sites for hydroxylation is 1. The Morgan fingerprint density at radius 2 is 2.10 bits per heavy atom. The molecule has 2 fully saturated rings. The molecule has 1 spiro atoms. The normalized spacial score (nSPS) is 17.0. The Morgan fingerprint density at radius 3 is 2.68 bits per heavy atom. The van der Waals surface area contributed by atoms with Crippen LogP contribution in [0.2, 0.25) is 0 Å². The van der Waals surface area contributed by atoms with Crippen LogP contribution in [0.15, 0.2) is 30.5 Å². The van der Waals surface area contributed by atoms with E-state index in [1.54, 1.807) is 24.8 Å². The lowest BCUT2D eigenvalue weighted by Crippen LogP contribution is -2.55. The minimum atomic E-state index is -0.882. The Bertz CT molecular complexity index is 1160. The van der Waals surface area contributed by atoms with Crippen molar-refractivity contribution in [2.45, 2.75) is 38.6 Å². The first-order chi connectivity index (χ1) is 14.8. The molecule has 4 rings (SSSR count). The lowest BCUT2D eigenvalue weighted by atomic mass is 9.75. The number of hydrogen-bond acceptors (Lipinski definition) is 5. The van der Waals surface area contributed by atoms with Crippen LogP contribution in [-0.2, 0) is 9.53 Å². The molecule has 2 aliphatic rings. The van der Waals surface area contributed by atoms with Crippen molar-refractivity contribution in [3.05, 3.63) is 58.8 Å². The molecule has 1 aliphatic heterocycles. The Labute approximate surface area is 184 Å². The minimum Gasteiger partial charge on any atom is -0.462 e. The second kappa shape index (κ2) is 7.71. The van der Waals surface area contributed by atoms with Gasteiger partial charge in [-0.25, -0.2) is 9.18 Å². The zero-order valence-corrected chi connectivity index (χ0v) is 17.8. The third-order valence-corrected chi connectivity index (χ3v) is 6.06. The first kappa shape index (κ1) is 20.9. The molecular formula is C22H19FN4O3S. The fraction of sp³-hybridized carbons (Fsp3) is 0.318. The summed E-state index contributed by atoms with van der Waals surface area (Å²) in [7, 11) is 0. The summed E-state index contributed by atoms with van der Waals surface area (Å²) in [6, 6.07) is 5.77. The van der Waals surface area contributed by atoms with E-state index >= 15 is 0 Å². The van der Waals surface area contributed by atoms with Gasteiger partial charge in [-0.15, -0.1) is 4.98 Å². The van der Waals surface area contributed by atoms with Crippen LogP contribution in [0, 0.1) is 19.3 Å². The fourth-order valence-corrected chi connectivity index (χ4v) is 4.49. The highest BCUT2D eigenvalue weighted by atomic mass is 32.1. The maximum Gasteiger partial charge on any atom is 0.341 e. The number of halogens is 1. The monoisotopic (exact) mass is 438 g/mol. The molecule has 9 heteroatoms. The number of aromatic nitrogens is 1. The molecule has 0 radical (unpaired) electrons. The molecule has 1 aliphatic carbocycles. The van der Waals surface area contributed by atoms with Crippen LogP contribution in [0.1, 0.15) is 42.1 Å². The second-order valence-corrected chi connectivity index (χ2v) is 7.84. The largest absolute Gasteiger partial charge is 0.462 e. The molecule has 0 bridgehead atoms. The van der Waals surface area contributed by atoms with Gasteiger partial charge < -0.3 is 14.5 Å². The maximum absolute atomic E-state index is 14.3. The fourth-order valence-electron chi connectivity index (χ4n) is 4.02. The van der Waals surface area contributed by atoms with E-state index in [0.29, 0.717) is 29.8 Å². The van der Waals surface area contributed by atoms with Gasteiger partial charge in [0.25, 0.3) is 11.7 Å². The molecule has 0 unspecified atom stereocenters. The number of esters is 1. The molecule has 1 aromatic carbocycles. The van der Waals surface area contributed by atoms with Gasteiger partial charge in [-0.05, 0) is 75.2 Å². The van der Waals surface area contributed by atoms with Crippen LogP contribution in [-0.4, -0.2) is 34.1 Å². The van der Waals surface area contributed by atoms with E-state index in [-0.39, 0.29) is 29.0 Å². The van der Waals surface area contributed by atoms with Crippen molar-refractivity contribution in [2.24, 2.45) is 0 Å². The number of carbonyl (C=O) groups is 2. The quantitative estimate of drug-likeness (QED) is 0.402. The van der Waals surface area contributed by atoms with Crippen LogP contribution in [0.4, 0.5) is 21.6 Å². The summed E-state index contributed by atoms with van der Waals surface area (Å²) < 4.78 is 19.2. The summed E-state index contributed by atoms with van der Waals surface area (Å²) in [6.07, 6.45) is 3.47. The summed E-state index contributed by atoms with van der Waals surface area (Å²) in [4.78, 5) is 36.3. The lowest BCUT2D eigenvalue weighted by molar-refractivity contribution is -0.123. The van der Waals surface area contributed by atoms with Gasteiger partial charge in [0.05, 0.1) is 17.9 Å². The van der Waals surface area contributed by atoms with E-state index in [2.05, 4.69) is 9.83 Å². The highest BCUT2D eigenvalue weighted by Crippen LogP contribution is 2.48. The number of anilines is 2. The van der Waals surface area contributed by atoms with E-state index < -0.39 is 17.3 Å². The van der Waals surface area contributed by atoms with Gasteiger partial charge in [-0.2, -0.15) is 0 Å². The molecule has 7 nitrogen and oxygen atoms in total. The third kappa shape index (κ3) is 3.15. The summed E-state index contributed by atoms with van der Waals surface area (Å²) in [5, 5.41) is 0.225. The molecule has 0 N–H and O–H groups in total.